The predicted molar refractivity (Wildman–Crippen MR) is 62.0 cm³/mol. The lowest BCUT2D eigenvalue weighted by Crippen LogP contribution is -2.28. The van der Waals surface area contributed by atoms with E-state index in [9.17, 15) is 18.0 Å². The molecular formula is C11H14F3N3O. The number of nitrogens with one attached hydrogen (secondary N) is 2. The molecule has 1 aromatic carbocycles. The van der Waals surface area contributed by atoms with Gasteiger partial charge in [0.1, 0.15) is 0 Å². The van der Waals surface area contributed by atoms with Gasteiger partial charge in [-0.25, -0.2) is 4.79 Å². The summed E-state index contributed by atoms with van der Waals surface area (Å²) in [5, 5.41) is 4.92. The van der Waals surface area contributed by atoms with Crippen molar-refractivity contribution in [2.45, 2.75) is 19.6 Å². The Bertz CT molecular complexity index is 432. The summed E-state index contributed by atoms with van der Waals surface area (Å²) in [5.41, 5.74) is 5.09. The number of rotatable bonds is 3. The molecular weight excluding hydrogens is 247 g/mol. The molecule has 2 amide bonds. The maximum atomic E-state index is 12.5. The Morgan fingerprint density at radius 3 is 2.56 bits per heavy atom. The molecule has 18 heavy (non-hydrogen) atoms. The molecule has 4 nitrogen and oxygen atoms in total. The van der Waals surface area contributed by atoms with Crippen molar-refractivity contribution >= 4 is 11.7 Å². The topological polar surface area (TPSA) is 67.2 Å². The zero-order chi connectivity index (χ0) is 13.8. The molecule has 0 aliphatic rings. The van der Waals surface area contributed by atoms with Gasteiger partial charge in [-0.15, -0.1) is 0 Å². The first kappa shape index (κ1) is 14.3. The molecule has 0 saturated carbocycles. The van der Waals surface area contributed by atoms with E-state index in [1.807, 2.05) is 0 Å². The van der Waals surface area contributed by atoms with Gasteiger partial charge >= 0.3 is 12.2 Å². The van der Waals surface area contributed by atoms with Gasteiger partial charge < -0.3 is 16.4 Å². The minimum Gasteiger partial charge on any atom is -0.338 e. The second-order valence-corrected chi connectivity index (χ2v) is 3.56. The first-order valence-electron chi connectivity index (χ1n) is 5.33. The monoisotopic (exact) mass is 261 g/mol. The summed E-state index contributed by atoms with van der Waals surface area (Å²) in [6.45, 7) is 2.06. The maximum Gasteiger partial charge on any atom is 0.416 e. The van der Waals surface area contributed by atoms with E-state index in [-0.39, 0.29) is 17.8 Å². The molecule has 0 bridgehead atoms. The summed E-state index contributed by atoms with van der Waals surface area (Å²) in [4.78, 5) is 11.3. The number of hydrogen-bond acceptors (Lipinski definition) is 2. The quantitative estimate of drug-likeness (QED) is 0.781. The lowest BCUT2D eigenvalue weighted by molar-refractivity contribution is -0.137. The highest BCUT2D eigenvalue weighted by atomic mass is 19.4. The van der Waals surface area contributed by atoms with E-state index in [2.05, 4.69) is 10.6 Å². The molecule has 0 aliphatic carbocycles. The number of halogens is 3. The predicted octanol–water partition coefficient (Wildman–Crippen LogP) is 2.31. The van der Waals surface area contributed by atoms with Crippen LogP contribution in [0.25, 0.3) is 0 Å². The maximum absolute atomic E-state index is 12.5. The largest absolute Gasteiger partial charge is 0.416 e. The fourth-order valence-electron chi connectivity index (χ4n) is 1.39. The van der Waals surface area contributed by atoms with Crippen molar-refractivity contribution in [3.05, 3.63) is 29.3 Å². The number of anilines is 1. The van der Waals surface area contributed by atoms with Crippen molar-refractivity contribution in [2.24, 2.45) is 5.73 Å². The van der Waals surface area contributed by atoms with Crippen LogP contribution in [-0.2, 0) is 12.7 Å². The standard InChI is InChI=1S/C11H14F3N3O/c1-2-16-10(18)17-9-4-3-8(11(12,13)14)5-7(9)6-15/h3-5H,2,6,15H2,1H3,(H2,16,17,18). The van der Waals surface area contributed by atoms with Gasteiger partial charge in [0.2, 0.25) is 0 Å². The molecule has 0 aromatic heterocycles. The molecule has 0 unspecified atom stereocenters. The minimum absolute atomic E-state index is 0.0916. The third kappa shape index (κ3) is 3.63. The van der Waals surface area contributed by atoms with E-state index in [4.69, 9.17) is 5.73 Å². The summed E-state index contributed by atoms with van der Waals surface area (Å²) in [6, 6.07) is 2.55. The van der Waals surface area contributed by atoms with E-state index >= 15 is 0 Å². The van der Waals surface area contributed by atoms with Crippen LogP contribution in [0, 0.1) is 0 Å². The molecule has 0 spiro atoms. The normalized spacial score (nSPS) is 11.2. The van der Waals surface area contributed by atoms with Crippen molar-refractivity contribution in [1.82, 2.24) is 5.32 Å². The Morgan fingerprint density at radius 1 is 1.39 bits per heavy atom. The van der Waals surface area contributed by atoms with Crippen LogP contribution in [0.2, 0.25) is 0 Å². The molecule has 7 heteroatoms. The van der Waals surface area contributed by atoms with Crippen LogP contribution in [0.5, 0.6) is 0 Å². The number of urea groups is 1. The molecule has 0 heterocycles. The average molecular weight is 261 g/mol. The second kappa shape index (κ2) is 5.72. The van der Waals surface area contributed by atoms with E-state index < -0.39 is 17.8 Å². The highest BCUT2D eigenvalue weighted by Gasteiger charge is 2.30. The number of carbonyl (C=O) groups is 1. The Kier molecular flexibility index (Phi) is 4.55. The fourth-order valence-corrected chi connectivity index (χ4v) is 1.39. The smallest absolute Gasteiger partial charge is 0.338 e. The van der Waals surface area contributed by atoms with Gasteiger partial charge in [0.25, 0.3) is 0 Å². The van der Waals surface area contributed by atoms with Gasteiger partial charge in [-0.2, -0.15) is 13.2 Å². The Hall–Kier alpha value is -1.76. The number of carbonyl (C=O) groups excluding carboxylic acids is 1. The summed E-state index contributed by atoms with van der Waals surface area (Å²) in [5.74, 6) is 0. The highest BCUT2D eigenvalue weighted by molar-refractivity contribution is 5.90. The van der Waals surface area contributed by atoms with Gasteiger partial charge in [0.15, 0.2) is 0 Å². The van der Waals surface area contributed by atoms with Crippen LogP contribution in [0.1, 0.15) is 18.1 Å². The van der Waals surface area contributed by atoms with E-state index in [1.165, 1.54) is 6.07 Å². The van der Waals surface area contributed by atoms with E-state index in [0.717, 1.165) is 12.1 Å². The SMILES string of the molecule is CCNC(=O)Nc1ccc(C(F)(F)F)cc1CN. The third-order valence-corrected chi connectivity index (χ3v) is 2.24. The van der Waals surface area contributed by atoms with Crippen molar-refractivity contribution in [1.29, 1.82) is 0 Å². The Balaban J connectivity index is 2.97. The molecule has 1 rings (SSSR count). The number of amides is 2. The molecule has 4 N–H and O–H groups in total. The van der Waals surface area contributed by atoms with Crippen LogP contribution in [-0.4, -0.2) is 12.6 Å². The van der Waals surface area contributed by atoms with Gasteiger partial charge in [0, 0.05) is 18.8 Å². The zero-order valence-corrected chi connectivity index (χ0v) is 9.77. The van der Waals surface area contributed by atoms with Crippen molar-refractivity contribution < 1.29 is 18.0 Å². The second-order valence-electron chi connectivity index (χ2n) is 3.56. The molecule has 0 fully saturated rings. The molecule has 0 aliphatic heterocycles. The number of alkyl halides is 3. The van der Waals surface area contributed by atoms with Crippen LogP contribution >= 0.6 is 0 Å². The molecule has 0 radical (unpaired) electrons. The number of benzene rings is 1. The Morgan fingerprint density at radius 2 is 2.06 bits per heavy atom. The van der Waals surface area contributed by atoms with Crippen molar-refractivity contribution in [3.63, 3.8) is 0 Å². The van der Waals surface area contributed by atoms with Crippen LogP contribution in [0.3, 0.4) is 0 Å². The van der Waals surface area contributed by atoms with Gasteiger partial charge in [-0.1, -0.05) is 0 Å². The van der Waals surface area contributed by atoms with E-state index in [1.54, 1.807) is 6.92 Å². The van der Waals surface area contributed by atoms with Crippen LogP contribution in [0.4, 0.5) is 23.7 Å². The lowest BCUT2D eigenvalue weighted by atomic mass is 10.1. The zero-order valence-electron chi connectivity index (χ0n) is 9.77. The van der Waals surface area contributed by atoms with Gasteiger partial charge in [-0.3, -0.25) is 0 Å². The fraction of sp³-hybridized carbons (Fsp3) is 0.364. The number of hydrogen-bond donors (Lipinski definition) is 3. The average Bonchev–Trinajstić information content (AvgIpc) is 2.28. The van der Waals surface area contributed by atoms with Crippen molar-refractivity contribution in [2.75, 3.05) is 11.9 Å². The third-order valence-electron chi connectivity index (χ3n) is 2.24. The highest BCUT2D eigenvalue weighted by Crippen LogP contribution is 2.31. The molecule has 0 saturated heterocycles. The molecule has 0 atom stereocenters. The van der Waals surface area contributed by atoms with Gasteiger partial charge in [-0.05, 0) is 30.7 Å². The minimum atomic E-state index is -4.42. The first-order chi connectivity index (χ1) is 8.38. The van der Waals surface area contributed by atoms with Gasteiger partial charge in [0.05, 0.1) is 5.56 Å². The van der Waals surface area contributed by atoms with Crippen LogP contribution in [0.15, 0.2) is 18.2 Å². The summed E-state index contributed by atoms with van der Waals surface area (Å²) < 4.78 is 37.4. The molecule has 100 valence electrons. The first-order valence-corrected chi connectivity index (χ1v) is 5.33. The van der Waals surface area contributed by atoms with Crippen molar-refractivity contribution in [3.8, 4) is 0 Å². The summed E-state index contributed by atoms with van der Waals surface area (Å²) in [6.07, 6.45) is -4.42. The summed E-state index contributed by atoms with van der Waals surface area (Å²) >= 11 is 0. The summed E-state index contributed by atoms with van der Waals surface area (Å²) in [7, 11) is 0. The molecule has 1 aromatic rings. The number of nitrogens with two attached hydrogens (primary N) is 1. The van der Waals surface area contributed by atoms with E-state index in [0.29, 0.717) is 6.54 Å². The lowest BCUT2D eigenvalue weighted by Gasteiger charge is -2.13. The Labute approximate surface area is 102 Å². The van der Waals surface area contributed by atoms with Crippen LogP contribution < -0.4 is 16.4 Å².